The van der Waals surface area contributed by atoms with E-state index in [2.05, 4.69) is 4.98 Å². The first-order valence-corrected chi connectivity index (χ1v) is 8.85. The van der Waals surface area contributed by atoms with Gasteiger partial charge in [0.05, 0.1) is 11.4 Å². The highest BCUT2D eigenvalue weighted by Gasteiger charge is 2.14. The van der Waals surface area contributed by atoms with Gasteiger partial charge in [-0.1, -0.05) is 54.1 Å². The molecule has 0 spiro atoms. The van der Waals surface area contributed by atoms with E-state index >= 15 is 0 Å². The molecular weight excluding hydrogens is 358 g/mol. The normalized spacial score (nSPS) is 10.7. The summed E-state index contributed by atoms with van der Waals surface area (Å²) in [5.41, 5.74) is 4.14. The van der Waals surface area contributed by atoms with E-state index < -0.39 is 0 Å². The molecule has 132 valence electrons. The van der Waals surface area contributed by atoms with Gasteiger partial charge in [-0.3, -0.25) is 0 Å². The molecule has 0 atom stereocenters. The Labute approximate surface area is 162 Å². The quantitative estimate of drug-likeness (QED) is 0.453. The number of phenolic OH excluding ortho intramolecular Hbond substituents is 2. The molecule has 0 saturated carbocycles. The molecule has 4 aromatic rings. The Morgan fingerprint density at radius 2 is 1.04 bits per heavy atom. The number of aromatic hydroxyl groups is 2. The van der Waals surface area contributed by atoms with Crippen LogP contribution in [0, 0.1) is 0 Å². The van der Waals surface area contributed by atoms with Crippen LogP contribution in [-0.4, -0.2) is 15.2 Å². The topological polar surface area (TPSA) is 53.4 Å². The van der Waals surface area contributed by atoms with Crippen LogP contribution in [-0.2, 0) is 0 Å². The monoisotopic (exact) mass is 373 g/mol. The summed E-state index contributed by atoms with van der Waals surface area (Å²) in [6.45, 7) is 0. The Bertz CT molecular complexity index is 971. The van der Waals surface area contributed by atoms with Gasteiger partial charge in [-0.2, -0.15) is 0 Å². The van der Waals surface area contributed by atoms with Crippen molar-refractivity contribution in [2.24, 2.45) is 0 Å². The second kappa shape index (κ2) is 7.14. The largest absolute Gasteiger partial charge is 0.507 e. The predicted molar refractivity (Wildman–Crippen MR) is 109 cm³/mol. The van der Waals surface area contributed by atoms with Crippen molar-refractivity contribution in [3.63, 3.8) is 0 Å². The number of hydrogen-bond donors (Lipinski definition) is 2. The molecular formula is C23H16ClNO2. The van der Waals surface area contributed by atoms with Gasteiger partial charge in [-0.15, -0.1) is 0 Å². The molecule has 4 heteroatoms. The molecule has 0 amide bonds. The van der Waals surface area contributed by atoms with E-state index in [-0.39, 0.29) is 11.5 Å². The van der Waals surface area contributed by atoms with Crippen molar-refractivity contribution in [2.45, 2.75) is 0 Å². The van der Waals surface area contributed by atoms with E-state index in [0.29, 0.717) is 27.5 Å². The zero-order valence-corrected chi connectivity index (χ0v) is 15.1. The summed E-state index contributed by atoms with van der Waals surface area (Å²) in [6, 6.07) is 25.4. The maximum Gasteiger partial charge on any atom is 0.124 e. The number of hydrogen-bond acceptors (Lipinski definition) is 3. The number of halogens is 1. The van der Waals surface area contributed by atoms with Crippen molar-refractivity contribution in [1.29, 1.82) is 0 Å². The van der Waals surface area contributed by atoms with Crippen LogP contribution in [0.1, 0.15) is 0 Å². The molecule has 3 nitrogen and oxygen atoms in total. The van der Waals surface area contributed by atoms with Crippen molar-refractivity contribution in [1.82, 2.24) is 4.98 Å². The smallest absolute Gasteiger partial charge is 0.124 e. The van der Waals surface area contributed by atoms with Crippen molar-refractivity contribution in [3.05, 3.63) is 90.0 Å². The van der Waals surface area contributed by atoms with E-state index in [1.807, 2.05) is 60.7 Å². The molecule has 0 aliphatic heterocycles. The van der Waals surface area contributed by atoms with Crippen LogP contribution in [0.5, 0.6) is 11.5 Å². The molecule has 0 saturated heterocycles. The summed E-state index contributed by atoms with van der Waals surface area (Å²) in [7, 11) is 0. The minimum absolute atomic E-state index is 0.143. The van der Waals surface area contributed by atoms with Crippen LogP contribution in [0.3, 0.4) is 0 Å². The highest BCUT2D eigenvalue weighted by molar-refractivity contribution is 6.33. The van der Waals surface area contributed by atoms with E-state index in [0.717, 1.165) is 11.1 Å². The molecule has 0 bridgehead atoms. The van der Waals surface area contributed by atoms with Gasteiger partial charge in [-0.25, -0.2) is 4.98 Å². The van der Waals surface area contributed by atoms with E-state index in [1.165, 1.54) is 0 Å². The number of rotatable bonds is 3. The van der Waals surface area contributed by atoms with Crippen LogP contribution in [0.2, 0.25) is 5.02 Å². The molecule has 1 aromatic heterocycles. The van der Waals surface area contributed by atoms with Gasteiger partial charge in [0.15, 0.2) is 0 Å². The highest BCUT2D eigenvalue weighted by atomic mass is 35.5. The van der Waals surface area contributed by atoms with E-state index in [4.69, 9.17) is 11.6 Å². The number of phenols is 2. The highest BCUT2D eigenvalue weighted by Crippen LogP contribution is 2.37. The van der Waals surface area contributed by atoms with Crippen molar-refractivity contribution >= 4 is 11.6 Å². The summed E-state index contributed by atoms with van der Waals surface area (Å²) >= 11 is 6.40. The number of benzene rings is 3. The Balaban J connectivity index is 1.99. The minimum Gasteiger partial charge on any atom is -0.507 e. The number of pyridine rings is 1. The predicted octanol–water partition coefficient (Wildman–Crippen LogP) is 6.15. The Hall–Kier alpha value is -3.30. The van der Waals surface area contributed by atoms with E-state index in [1.54, 1.807) is 24.3 Å². The first-order chi connectivity index (χ1) is 13.1. The van der Waals surface area contributed by atoms with Crippen molar-refractivity contribution in [2.75, 3.05) is 0 Å². The molecule has 0 unspecified atom stereocenters. The van der Waals surface area contributed by atoms with Gasteiger partial charge < -0.3 is 10.2 Å². The Morgan fingerprint density at radius 1 is 0.593 bits per heavy atom. The maximum absolute atomic E-state index is 10.3. The molecule has 0 radical (unpaired) electrons. The second-order valence-corrected chi connectivity index (χ2v) is 6.55. The van der Waals surface area contributed by atoms with Crippen LogP contribution in [0.4, 0.5) is 0 Å². The van der Waals surface area contributed by atoms with Crippen LogP contribution >= 0.6 is 11.6 Å². The molecule has 1 heterocycles. The lowest BCUT2D eigenvalue weighted by atomic mass is 9.99. The summed E-state index contributed by atoms with van der Waals surface area (Å²) in [5, 5.41) is 21.2. The number of para-hydroxylation sites is 2. The van der Waals surface area contributed by atoms with Crippen LogP contribution in [0.25, 0.3) is 33.6 Å². The third-order valence-corrected chi connectivity index (χ3v) is 4.70. The maximum atomic E-state index is 10.3. The van der Waals surface area contributed by atoms with Crippen molar-refractivity contribution < 1.29 is 10.2 Å². The number of nitrogens with zero attached hydrogens (tertiary/aromatic N) is 1. The van der Waals surface area contributed by atoms with Crippen molar-refractivity contribution in [3.8, 4) is 45.1 Å². The minimum atomic E-state index is 0.143. The summed E-state index contributed by atoms with van der Waals surface area (Å²) in [4.78, 5) is 4.69. The molecule has 3 aromatic carbocycles. The average Bonchev–Trinajstić information content (AvgIpc) is 2.69. The lowest BCUT2D eigenvalue weighted by Gasteiger charge is -2.12. The summed E-state index contributed by atoms with van der Waals surface area (Å²) in [6.07, 6.45) is 0. The zero-order chi connectivity index (χ0) is 18.8. The molecule has 27 heavy (non-hydrogen) atoms. The Morgan fingerprint density at radius 3 is 1.52 bits per heavy atom. The fourth-order valence-electron chi connectivity index (χ4n) is 3.04. The van der Waals surface area contributed by atoms with E-state index in [9.17, 15) is 10.2 Å². The molecule has 0 aliphatic carbocycles. The van der Waals surface area contributed by atoms with Crippen LogP contribution < -0.4 is 0 Å². The fraction of sp³-hybridized carbons (Fsp3) is 0. The summed E-state index contributed by atoms with van der Waals surface area (Å²) in [5.74, 6) is 0.286. The molecule has 0 fully saturated rings. The Kier molecular flexibility index (Phi) is 4.53. The SMILES string of the molecule is Oc1ccccc1-c1cc(-c2ccccc2Cl)cc(-c2ccccc2O)n1. The first-order valence-electron chi connectivity index (χ1n) is 8.47. The fourth-order valence-corrected chi connectivity index (χ4v) is 3.28. The third kappa shape index (κ3) is 3.37. The number of aromatic nitrogens is 1. The molecule has 2 N–H and O–H groups in total. The van der Waals surface area contributed by atoms with Gasteiger partial charge in [0.2, 0.25) is 0 Å². The molecule has 0 aliphatic rings. The lowest BCUT2D eigenvalue weighted by Crippen LogP contribution is -1.92. The third-order valence-electron chi connectivity index (χ3n) is 4.37. The van der Waals surface area contributed by atoms with Crippen LogP contribution in [0.15, 0.2) is 84.9 Å². The zero-order valence-electron chi connectivity index (χ0n) is 14.3. The van der Waals surface area contributed by atoms with Gasteiger partial charge >= 0.3 is 0 Å². The van der Waals surface area contributed by atoms with Gasteiger partial charge in [0, 0.05) is 21.7 Å². The van der Waals surface area contributed by atoms with Gasteiger partial charge in [-0.05, 0) is 48.0 Å². The lowest BCUT2D eigenvalue weighted by molar-refractivity contribution is 0.477. The van der Waals surface area contributed by atoms with Gasteiger partial charge in [0.25, 0.3) is 0 Å². The first kappa shape index (κ1) is 17.1. The standard InChI is InChI=1S/C23H16ClNO2/c24-19-10-4-1-7-16(19)15-13-20(17-8-2-5-11-22(17)26)25-21(14-15)18-9-3-6-12-23(18)27/h1-14,26-27H. The van der Waals surface area contributed by atoms with Gasteiger partial charge in [0.1, 0.15) is 11.5 Å². The molecule has 4 rings (SSSR count). The summed E-state index contributed by atoms with van der Waals surface area (Å²) < 4.78 is 0. The second-order valence-electron chi connectivity index (χ2n) is 6.14. The average molecular weight is 374 g/mol.